The monoisotopic (exact) mass is 196 g/mol. The van der Waals surface area contributed by atoms with Gasteiger partial charge in [0.2, 0.25) is 0 Å². The van der Waals surface area contributed by atoms with Crippen molar-refractivity contribution in [3.8, 4) is 0 Å². The summed E-state index contributed by atoms with van der Waals surface area (Å²) in [5, 5.41) is 0. The standard InChI is InChI=1S/C5H16O4Si2/c1-5-10-9-11(6-2,7-3)8-4/h5,10H2,1-4H3. The summed E-state index contributed by atoms with van der Waals surface area (Å²) in [7, 11) is 1.43. The molecule has 0 rings (SSSR count). The third-order valence-corrected chi connectivity index (χ3v) is 5.37. The molecule has 0 aromatic carbocycles. The first-order valence-electron chi connectivity index (χ1n) is 3.54. The van der Waals surface area contributed by atoms with Crippen LogP contribution in [0.2, 0.25) is 6.04 Å². The van der Waals surface area contributed by atoms with Crippen molar-refractivity contribution in [2.24, 2.45) is 0 Å². The molecule has 0 atom stereocenters. The Kier molecular flexibility index (Phi) is 6.01. The molecule has 68 valence electrons. The lowest BCUT2D eigenvalue weighted by Gasteiger charge is -2.22. The van der Waals surface area contributed by atoms with Crippen molar-refractivity contribution in [1.29, 1.82) is 0 Å². The average molecular weight is 196 g/mol. The van der Waals surface area contributed by atoms with E-state index in [1.807, 2.05) is 0 Å². The van der Waals surface area contributed by atoms with Gasteiger partial charge in [0.05, 0.1) is 0 Å². The van der Waals surface area contributed by atoms with Crippen molar-refractivity contribution in [2.75, 3.05) is 21.3 Å². The molecular weight excluding hydrogens is 180 g/mol. The lowest BCUT2D eigenvalue weighted by Crippen LogP contribution is -2.47. The minimum absolute atomic E-state index is 0.529. The van der Waals surface area contributed by atoms with Crippen LogP contribution in [0.5, 0.6) is 0 Å². The van der Waals surface area contributed by atoms with E-state index in [4.69, 9.17) is 17.4 Å². The fourth-order valence-corrected chi connectivity index (χ4v) is 4.38. The van der Waals surface area contributed by atoms with E-state index in [2.05, 4.69) is 6.92 Å². The van der Waals surface area contributed by atoms with Crippen LogP contribution < -0.4 is 0 Å². The van der Waals surface area contributed by atoms with Gasteiger partial charge in [-0.3, -0.25) is 0 Å². The van der Waals surface area contributed by atoms with Crippen molar-refractivity contribution in [3.05, 3.63) is 0 Å². The average Bonchev–Trinajstić information content (AvgIpc) is 2.08. The van der Waals surface area contributed by atoms with Crippen molar-refractivity contribution < 1.29 is 17.4 Å². The lowest BCUT2D eigenvalue weighted by molar-refractivity contribution is 0.0524. The largest absolute Gasteiger partial charge is 0.667 e. The van der Waals surface area contributed by atoms with Crippen LogP contribution in [0.25, 0.3) is 0 Å². The predicted molar refractivity (Wildman–Crippen MR) is 46.9 cm³/mol. The SMILES string of the molecule is CC[SiH2]O[Si](OC)(OC)OC. The molecule has 0 bridgehead atoms. The van der Waals surface area contributed by atoms with Crippen LogP contribution in [0.1, 0.15) is 6.92 Å². The molecule has 6 heteroatoms. The first kappa shape index (κ1) is 11.3. The number of rotatable bonds is 6. The van der Waals surface area contributed by atoms with Crippen LogP contribution in [0.4, 0.5) is 0 Å². The highest BCUT2D eigenvalue weighted by molar-refractivity contribution is 6.60. The van der Waals surface area contributed by atoms with Crippen LogP contribution in [0, 0.1) is 0 Å². The van der Waals surface area contributed by atoms with Crippen molar-refractivity contribution >= 4 is 18.8 Å². The van der Waals surface area contributed by atoms with E-state index in [1.54, 1.807) is 21.3 Å². The van der Waals surface area contributed by atoms with Crippen LogP contribution >= 0.6 is 0 Å². The zero-order chi connectivity index (χ0) is 8.74. The molecule has 11 heavy (non-hydrogen) atoms. The Labute approximate surface area is 71.2 Å². The Balaban J connectivity index is 3.84. The molecular formula is C5H16O4Si2. The minimum atomic E-state index is -2.68. The highest BCUT2D eigenvalue weighted by Gasteiger charge is 2.40. The van der Waals surface area contributed by atoms with Gasteiger partial charge in [-0.05, 0) is 6.04 Å². The highest BCUT2D eigenvalue weighted by Crippen LogP contribution is 2.06. The van der Waals surface area contributed by atoms with Gasteiger partial charge in [-0.15, -0.1) is 0 Å². The highest BCUT2D eigenvalue weighted by atomic mass is 28.4. The summed E-state index contributed by atoms with van der Waals surface area (Å²) in [6.45, 7) is 2.08. The normalized spacial score (nSPS) is 13.1. The van der Waals surface area contributed by atoms with Crippen LogP contribution in [0.15, 0.2) is 0 Å². The molecule has 0 amide bonds. The number of hydrogen-bond donors (Lipinski definition) is 0. The Morgan fingerprint density at radius 3 is 1.82 bits per heavy atom. The quantitative estimate of drug-likeness (QED) is 0.556. The smallest absolute Gasteiger partial charge is 0.400 e. The summed E-state index contributed by atoms with van der Waals surface area (Å²) in [6, 6.07) is 1.06. The maximum absolute atomic E-state index is 5.44. The molecule has 0 radical (unpaired) electrons. The van der Waals surface area contributed by atoms with Gasteiger partial charge in [-0.1, -0.05) is 6.92 Å². The van der Waals surface area contributed by atoms with E-state index in [-0.39, 0.29) is 0 Å². The fraction of sp³-hybridized carbons (Fsp3) is 1.00. The Morgan fingerprint density at radius 1 is 1.09 bits per heavy atom. The summed E-state index contributed by atoms with van der Waals surface area (Å²) >= 11 is 0. The van der Waals surface area contributed by atoms with Gasteiger partial charge >= 0.3 is 9.05 Å². The molecule has 0 aromatic heterocycles. The fourth-order valence-electron chi connectivity index (χ4n) is 0.654. The van der Waals surface area contributed by atoms with E-state index in [9.17, 15) is 0 Å². The van der Waals surface area contributed by atoms with E-state index >= 15 is 0 Å². The molecule has 0 aromatic rings. The zero-order valence-corrected chi connectivity index (χ0v) is 9.96. The van der Waals surface area contributed by atoms with Crippen molar-refractivity contribution in [2.45, 2.75) is 13.0 Å². The van der Waals surface area contributed by atoms with E-state index in [0.717, 1.165) is 6.04 Å². The van der Waals surface area contributed by atoms with Gasteiger partial charge < -0.3 is 17.4 Å². The van der Waals surface area contributed by atoms with E-state index < -0.39 is 18.8 Å². The van der Waals surface area contributed by atoms with Crippen molar-refractivity contribution in [3.63, 3.8) is 0 Å². The van der Waals surface area contributed by atoms with Gasteiger partial charge in [0.25, 0.3) is 0 Å². The first-order valence-corrected chi connectivity index (χ1v) is 6.75. The second kappa shape index (κ2) is 5.87. The van der Waals surface area contributed by atoms with Gasteiger partial charge in [-0.2, -0.15) is 0 Å². The topological polar surface area (TPSA) is 36.9 Å². The van der Waals surface area contributed by atoms with Crippen LogP contribution in [-0.4, -0.2) is 40.1 Å². The third kappa shape index (κ3) is 3.45. The summed E-state index contributed by atoms with van der Waals surface area (Å²) in [5.74, 6) is 0. The molecule has 4 nitrogen and oxygen atoms in total. The minimum Gasteiger partial charge on any atom is -0.400 e. The molecule has 0 aliphatic carbocycles. The Morgan fingerprint density at radius 2 is 1.55 bits per heavy atom. The van der Waals surface area contributed by atoms with Gasteiger partial charge in [0, 0.05) is 21.3 Å². The first-order chi connectivity index (χ1) is 5.24. The molecule has 0 aliphatic heterocycles. The summed E-state index contributed by atoms with van der Waals surface area (Å²) < 4.78 is 20.6. The molecule has 0 saturated carbocycles. The third-order valence-electron chi connectivity index (χ3n) is 1.23. The lowest BCUT2D eigenvalue weighted by atomic mass is 11.0. The Bertz CT molecular complexity index is 88.2. The molecule has 0 unspecified atom stereocenters. The molecule has 0 spiro atoms. The maximum atomic E-state index is 5.44. The van der Waals surface area contributed by atoms with Crippen LogP contribution in [-0.2, 0) is 17.4 Å². The van der Waals surface area contributed by atoms with E-state index in [0.29, 0.717) is 0 Å². The Hall–Kier alpha value is 0.274. The van der Waals surface area contributed by atoms with Gasteiger partial charge in [0.1, 0.15) is 0 Å². The predicted octanol–water partition coefficient (Wildman–Crippen LogP) is -0.100. The molecule has 0 fully saturated rings. The van der Waals surface area contributed by atoms with Gasteiger partial charge in [-0.25, -0.2) is 0 Å². The van der Waals surface area contributed by atoms with Gasteiger partial charge in [0.15, 0.2) is 9.76 Å². The van der Waals surface area contributed by atoms with E-state index in [1.165, 1.54) is 0 Å². The number of hydrogen-bond acceptors (Lipinski definition) is 4. The van der Waals surface area contributed by atoms with Crippen LogP contribution in [0.3, 0.4) is 0 Å². The second-order valence-electron chi connectivity index (χ2n) is 1.96. The molecule has 0 saturated heterocycles. The summed E-state index contributed by atoms with van der Waals surface area (Å²) in [4.78, 5) is 0. The van der Waals surface area contributed by atoms with Crippen molar-refractivity contribution in [1.82, 2.24) is 0 Å². The maximum Gasteiger partial charge on any atom is 0.667 e. The summed E-state index contributed by atoms with van der Waals surface area (Å²) in [6.07, 6.45) is 0. The zero-order valence-electron chi connectivity index (χ0n) is 7.55. The molecule has 0 N–H and O–H groups in total. The molecule has 0 heterocycles. The summed E-state index contributed by atoms with van der Waals surface area (Å²) in [5.41, 5.74) is 0. The second-order valence-corrected chi connectivity index (χ2v) is 6.75. The molecule has 0 aliphatic rings.